The molecule has 0 aromatic heterocycles. The van der Waals surface area contributed by atoms with Gasteiger partial charge in [0.2, 0.25) is 0 Å². The number of rotatable bonds is 2. The molecule has 2 fully saturated rings. The van der Waals surface area contributed by atoms with Gasteiger partial charge in [-0.15, -0.1) is 0 Å². The van der Waals surface area contributed by atoms with Crippen molar-refractivity contribution in [2.45, 2.75) is 25.2 Å². The van der Waals surface area contributed by atoms with Crippen LogP contribution in [0.5, 0.6) is 0 Å². The zero-order chi connectivity index (χ0) is 16.6. The van der Waals surface area contributed by atoms with Crippen molar-refractivity contribution in [1.82, 2.24) is 20.4 Å². The van der Waals surface area contributed by atoms with E-state index in [-0.39, 0.29) is 36.2 Å². The van der Waals surface area contributed by atoms with Crippen LogP contribution in [0.15, 0.2) is 36.4 Å². The summed E-state index contributed by atoms with van der Waals surface area (Å²) in [6.45, 7) is 1.98. The van der Waals surface area contributed by atoms with Gasteiger partial charge in [0.25, 0.3) is 0 Å². The third-order valence-corrected chi connectivity index (χ3v) is 4.75. The first-order valence-corrected chi connectivity index (χ1v) is 7.79. The summed E-state index contributed by atoms with van der Waals surface area (Å²) in [6.07, 6.45) is 3.78. The summed E-state index contributed by atoms with van der Waals surface area (Å²) in [5, 5.41) is 5.89. The molecule has 1 aromatic rings. The first-order valence-electron chi connectivity index (χ1n) is 7.79. The Morgan fingerprint density at radius 1 is 1.00 bits per heavy atom. The number of amides is 4. The molecule has 6 nitrogen and oxygen atoms in total. The fourth-order valence-corrected chi connectivity index (χ4v) is 3.38. The molecule has 2 heterocycles. The molecule has 4 amide bonds. The Bertz CT molecular complexity index is 631. The second-order valence-corrected chi connectivity index (χ2v) is 6.19. The molecule has 3 rings (SSSR count). The Labute approximate surface area is 136 Å². The van der Waals surface area contributed by atoms with Crippen LogP contribution in [-0.4, -0.2) is 54.2 Å². The average Bonchev–Trinajstić information content (AvgIpc) is 2.54. The summed E-state index contributed by atoms with van der Waals surface area (Å²) in [5.74, 6) is 0.0698. The van der Waals surface area contributed by atoms with Crippen molar-refractivity contribution in [2.75, 3.05) is 14.1 Å². The van der Waals surface area contributed by atoms with Gasteiger partial charge in [-0.3, -0.25) is 0 Å². The lowest BCUT2D eigenvalue weighted by Crippen LogP contribution is -2.73. The normalized spacial score (nSPS) is 30.9. The summed E-state index contributed by atoms with van der Waals surface area (Å²) in [5.41, 5.74) is 1.09. The van der Waals surface area contributed by atoms with Crippen LogP contribution in [0.3, 0.4) is 0 Å². The summed E-state index contributed by atoms with van der Waals surface area (Å²) >= 11 is 0. The number of likely N-dealkylation sites (N-methyl/N-ethyl adjacent to an activating group) is 1. The van der Waals surface area contributed by atoms with Gasteiger partial charge in [0, 0.05) is 26.1 Å². The maximum atomic E-state index is 12.3. The van der Waals surface area contributed by atoms with E-state index in [1.807, 2.05) is 49.4 Å². The van der Waals surface area contributed by atoms with Crippen LogP contribution in [0.2, 0.25) is 0 Å². The first kappa shape index (κ1) is 15.4. The Morgan fingerprint density at radius 2 is 1.65 bits per heavy atom. The van der Waals surface area contributed by atoms with Crippen molar-refractivity contribution in [2.24, 2.45) is 5.92 Å². The van der Waals surface area contributed by atoms with Gasteiger partial charge in [-0.2, -0.15) is 0 Å². The largest absolute Gasteiger partial charge is 0.335 e. The van der Waals surface area contributed by atoms with E-state index in [1.54, 1.807) is 23.9 Å². The highest BCUT2D eigenvalue weighted by Gasteiger charge is 2.48. The predicted octanol–water partition coefficient (Wildman–Crippen LogP) is 1.71. The molecule has 0 unspecified atom stereocenters. The molecule has 0 spiro atoms. The lowest BCUT2D eigenvalue weighted by molar-refractivity contribution is 0.0407. The second kappa shape index (κ2) is 5.95. The van der Waals surface area contributed by atoms with E-state index in [4.69, 9.17) is 0 Å². The van der Waals surface area contributed by atoms with Crippen molar-refractivity contribution >= 4 is 18.1 Å². The number of nitrogens with zero attached hydrogens (tertiary/aromatic N) is 2. The molecule has 0 radical (unpaired) electrons. The van der Waals surface area contributed by atoms with Crippen LogP contribution in [-0.2, 0) is 0 Å². The van der Waals surface area contributed by atoms with Gasteiger partial charge in [-0.05, 0) is 12.5 Å². The van der Waals surface area contributed by atoms with Crippen molar-refractivity contribution in [3.05, 3.63) is 42.0 Å². The van der Waals surface area contributed by atoms with Crippen molar-refractivity contribution in [3.8, 4) is 0 Å². The number of carbonyl (C=O) groups is 2. The first-order chi connectivity index (χ1) is 11.0. The zero-order valence-corrected chi connectivity index (χ0v) is 13.6. The van der Waals surface area contributed by atoms with Gasteiger partial charge in [0.15, 0.2) is 0 Å². The quantitative estimate of drug-likeness (QED) is 0.873. The summed E-state index contributed by atoms with van der Waals surface area (Å²) in [7, 11) is 3.50. The molecule has 1 aromatic carbocycles. The highest BCUT2D eigenvalue weighted by molar-refractivity contribution is 5.80. The highest BCUT2D eigenvalue weighted by Crippen LogP contribution is 2.29. The fraction of sp³-hybridized carbons (Fsp3) is 0.412. The smallest absolute Gasteiger partial charge is 0.319 e. The van der Waals surface area contributed by atoms with Gasteiger partial charge in [0.05, 0.1) is 6.04 Å². The van der Waals surface area contributed by atoms with Crippen molar-refractivity contribution in [3.63, 3.8) is 0 Å². The molecule has 4 atom stereocenters. The van der Waals surface area contributed by atoms with E-state index in [2.05, 4.69) is 10.6 Å². The number of nitrogens with one attached hydrogen (secondary N) is 2. The third-order valence-electron chi connectivity index (χ3n) is 4.75. The number of benzene rings is 1. The molecule has 2 aliphatic heterocycles. The van der Waals surface area contributed by atoms with E-state index in [9.17, 15) is 9.59 Å². The van der Waals surface area contributed by atoms with E-state index in [0.29, 0.717) is 0 Å². The molecule has 2 aliphatic rings. The predicted molar refractivity (Wildman–Crippen MR) is 88.6 cm³/mol. The zero-order valence-electron chi connectivity index (χ0n) is 13.6. The van der Waals surface area contributed by atoms with Crippen LogP contribution in [0.1, 0.15) is 12.5 Å². The molecule has 2 N–H and O–H groups in total. The lowest BCUT2D eigenvalue weighted by atomic mass is 9.84. The Morgan fingerprint density at radius 3 is 2.35 bits per heavy atom. The van der Waals surface area contributed by atoms with Crippen LogP contribution in [0, 0.1) is 5.92 Å². The van der Waals surface area contributed by atoms with Gasteiger partial charge in [0.1, 0.15) is 6.17 Å². The monoisotopic (exact) mass is 314 g/mol. The highest BCUT2D eigenvalue weighted by atomic mass is 16.2. The number of carbonyl (C=O) groups excluding carboxylic acids is 2. The minimum absolute atomic E-state index is 0.0304. The van der Waals surface area contributed by atoms with E-state index in [0.717, 1.165) is 5.56 Å². The molecular weight excluding hydrogens is 292 g/mol. The minimum Gasteiger partial charge on any atom is -0.335 e. The number of fused-ring (bicyclic) bond motifs is 1. The standard InChI is InChI=1S/C17H22N4O2/c1-11-14-13(10-9-12-7-5-4-6-8-12)20(2)17(23)19-15(14)21(3)16(22)18-11/h4-11,13-15H,1-3H3,(H,18,22)(H,19,23)/t11-,13+,14-,15+/m1/s1. The maximum absolute atomic E-state index is 12.3. The van der Waals surface area contributed by atoms with Crippen LogP contribution in [0.4, 0.5) is 9.59 Å². The van der Waals surface area contributed by atoms with E-state index in [1.165, 1.54) is 0 Å². The summed E-state index contributed by atoms with van der Waals surface area (Å²) < 4.78 is 0. The topological polar surface area (TPSA) is 64.7 Å². The van der Waals surface area contributed by atoms with Gasteiger partial charge in [-0.1, -0.05) is 42.5 Å². The summed E-state index contributed by atoms with van der Waals surface area (Å²) in [4.78, 5) is 27.5. The molecule has 0 aliphatic carbocycles. The van der Waals surface area contributed by atoms with Gasteiger partial charge < -0.3 is 20.4 Å². The van der Waals surface area contributed by atoms with Gasteiger partial charge >= 0.3 is 12.1 Å². The minimum atomic E-state index is -0.298. The number of hydrogen-bond acceptors (Lipinski definition) is 2. The molecule has 0 bridgehead atoms. The number of urea groups is 2. The third kappa shape index (κ3) is 2.76. The van der Waals surface area contributed by atoms with E-state index < -0.39 is 0 Å². The SMILES string of the molecule is C[C@H]1NC(=O)N(C)[C@@H]2NC(=O)N(C)[C@@H](C=Cc3ccccc3)[C@H]21. The Kier molecular flexibility index (Phi) is 3.98. The van der Waals surface area contributed by atoms with Crippen LogP contribution < -0.4 is 10.6 Å². The molecule has 0 saturated carbocycles. The lowest BCUT2D eigenvalue weighted by Gasteiger charge is -2.51. The molecule has 122 valence electrons. The second-order valence-electron chi connectivity index (χ2n) is 6.19. The van der Waals surface area contributed by atoms with E-state index >= 15 is 0 Å². The molecule has 2 saturated heterocycles. The Balaban J connectivity index is 1.91. The molecular formula is C17H22N4O2. The molecule has 23 heavy (non-hydrogen) atoms. The van der Waals surface area contributed by atoms with Crippen LogP contribution >= 0.6 is 0 Å². The van der Waals surface area contributed by atoms with Crippen molar-refractivity contribution < 1.29 is 9.59 Å². The van der Waals surface area contributed by atoms with Crippen molar-refractivity contribution in [1.29, 1.82) is 0 Å². The summed E-state index contributed by atoms with van der Waals surface area (Å²) in [6, 6.07) is 9.54. The van der Waals surface area contributed by atoms with Gasteiger partial charge in [-0.25, -0.2) is 9.59 Å². The fourth-order valence-electron chi connectivity index (χ4n) is 3.38. The average molecular weight is 314 g/mol. The maximum Gasteiger partial charge on any atom is 0.319 e. The molecule has 6 heteroatoms. The van der Waals surface area contributed by atoms with Crippen LogP contribution in [0.25, 0.3) is 6.08 Å². The number of hydrogen-bond donors (Lipinski definition) is 2. The Hall–Kier alpha value is -2.50.